The monoisotopic (exact) mass is 394 g/mol. The third kappa shape index (κ3) is 3.29. The van der Waals surface area contributed by atoms with Gasteiger partial charge in [-0.05, 0) is 48.7 Å². The van der Waals surface area contributed by atoms with Gasteiger partial charge >= 0.3 is 0 Å². The summed E-state index contributed by atoms with van der Waals surface area (Å²) < 4.78 is 7.98. The highest BCUT2D eigenvalue weighted by molar-refractivity contribution is 9.10. The van der Waals surface area contributed by atoms with Gasteiger partial charge in [-0.3, -0.25) is 14.3 Å². The Labute approximate surface area is 147 Å². The van der Waals surface area contributed by atoms with Gasteiger partial charge in [-0.15, -0.1) is 0 Å². The van der Waals surface area contributed by atoms with E-state index in [1.165, 1.54) is 0 Å². The first-order chi connectivity index (χ1) is 11.5. The predicted octanol–water partition coefficient (Wildman–Crippen LogP) is 2.55. The summed E-state index contributed by atoms with van der Waals surface area (Å²) >= 11 is 3.35. The van der Waals surface area contributed by atoms with E-state index in [-0.39, 0.29) is 23.2 Å². The molecule has 1 saturated heterocycles. The third-order valence-corrected chi connectivity index (χ3v) is 5.07. The molecule has 8 heteroatoms. The fraction of sp³-hybridized carbons (Fsp3) is 0.438. The summed E-state index contributed by atoms with van der Waals surface area (Å²) in [6.45, 7) is 5.06. The van der Waals surface area contributed by atoms with Crippen LogP contribution in [0.15, 0.2) is 21.5 Å². The van der Waals surface area contributed by atoms with E-state index in [1.807, 2.05) is 11.6 Å². The Balaban J connectivity index is 1.82. The second kappa shape index (κ2) is 6.90. The maximum atomic E-state index is 12.5. The van der Waals surface area contributed by atoms with Crippen LogP contribution < -0.4 is 10.9 Å². The molecule has 128 valence electrons. The van der Waals surface area contributed by atoms with Crippen molar-refractivity contribution in [3.8, 4) is 0 Å². The summed E-state index contributed by atoms with van der Waals surface area (Å²) in [5, 5.41) is 7.02. The molecule has 7 nitrogen and oxygen atoms in total. The van der Waals surface area contributed by atoms with Crippen molar-refractivity contribution < 1.29 is 9.53 Å². The zero-order valence-electron chi connectivity index (χ0n) is 13.6. The zero-order chi connectivity index (χ0) is 17.3. The van der Waals surface area contributed by atoms with Crippen LogP contribution in [0.3, 0.4) is 0 Å². The van der Waals surface area contributed by atoms with Gasteiger partial charge in [0.2, 0.25) is 0 Å². The molecule has 0 saturated carbocycles. The van der Waals surface area contributed by atoms with Crippen molar-refractivity contribution in [1.82, 2.24) is 14.8 Å². The number of aryl methyl sites for hydroxylation is 1. The van der Waals surface area contributed by atoms with E-state index in [9.17, 15) is 9.59 Å². The number of ether oxygens (including phenoxy) is 1. The number of hydrogen-bond donors (Lipinski definition) is 2. The second-order valence-electron chi connectivity index (χ2n) is 5.87. The Bertz CT molecular complexity index is 821. The lowest BCUT2D eigenvalue weighted by molar-refractivity contribution is 0.0656. The number of anilines is 1. The number of aromatic nitrogens is 3. The Morgan fingerprint density at radius 2 is 2.12 bits per heavy atom. The summed E-state index contributed by atoms with van der Waals surface area (Å²) in [4.78, 5) is 27.2. The molecule has 0 aromatic carbocycles. The van der Waals surface area contributed by atoms with Crippen LogP contribution in [0.4, 0.5) is 5.69 Å². The fourth-order valence-corrected chi connectivity index (χ4v) is 3.15. The molecule has 3 rings (SSSR count). The van der Waals surface area contributed by atoms with Crippen LogP contribution in [-0.2, 0) is 4.74 Å². The van der Waals surface area contributed by atoms with Gasteiger partial charge < -0.3 is 15.0 Å². The van der Waals surface area contributed by atoms with E-state index in [4.69, 9.17) is 4.74 Å². The normalized spacial score (nSPS) is 15.5. The van der Waals surface area contributed by atoms with Gasteiger partial charge in [0.1, 0.15) is 5.69 Å². The molecular formula is C16H19BrN4O3. The number of rotatable bonds is 3. The Morgan fingerprint density at radius 1 is 1.42 bits per heavy atom. The standard InChI is InChI=1S/C16H19BrN4O3/c1-9-13(17)7-14(16(23)19-9)20-15(22)12-8-18-21(10(12)2)11-3-5-24-6-4-11/h7-8,11H,3-6H2,1-2H3,(H,19,23)(H,20,22). The number of carbonyl (C=O) groups is 1. The first kappa shape index (κ1) is 16.9. The van der Waals surface area contributed by atoms with E-state index in [2.05, 4.69) is 31.3 Å². The minimum Gasteiger partial charge on any atom is -0.381 e. The molecule has 2 N–H and O–H groups in total. The average molecular weight is 395 g/mol. The first-order valence-corrected chi connectivity index (χ1v) is 8.59. The molecule has 2 aromatic heterocycles. The van der Waals surface area contributed by atoms with Crippen LogP contribution in [0.25, 0.3) is 0 Å². The number of H-pyrrole nitrogens is 1. The minimum absolute atomic E-state index is 0.204. The van der Waals surface area contributed by atoms with Gasteiger partial charge in [0.15, 0.2) is 0 Å². The van der Waals surface area contributed by atoms with Gasteiger partial charge in [0.05, 0.1) is 17.8 Å². The third-order valence-electron chi connectivity index (χ3n) is 4.25. The van der Waals surface area contributed by atoms with Gasteiger partial charge in [-0.25, -0.2) is 0 Å². The van der Waals surface area contributed by atoms with Crippen LogP contribution in [0.2, 0.25) is 0 Å². The van der Waals surface area contributed by atoms with E-state index in [0.29, 0.717) is 24.5 Å². The number of nitrogens with one attached hydrogen (secondary N) is 2. The molecule has 0 spiro atoms. The maximum Gasteiger partial charge on any atom is 0.271 e. The molecule has 0 bridgehead atoms. The number of amides is 1. The minimum atomic E-state index is -0.341. The molecule has 1 amide bonds. The Morgan fingerprint density at radius 3 is 2.83 bits per heavy atom. The number of hydrogen-bond acceptors (Lipinski definition) is 4. The van der Waals surface area contributed by atoms with Crippen LogP contribution in [-0.4, -0.2) is 33.9 Å². The number of nitrogens with zero attached hydrogens (tertiary/aromatic N) is 2. The van der Waals surface area contributed by atoms with Crippen molar-refractivity contribution in [1.29, 1.82) is 0 Å². The van der Waals surface area contributed by atoms with Gasteiger partial charge in [0.25, 0.3) is 11.5 Å². The topological polar surface area (TPSA) is 89.0 Å². The molecule has 24 heavy (non-hydrogen) atoms. The smallest absolute Gasteiger partial charge is 0.271 e. The van der Waals surface area contributed by atoms with Crippen molar-refractivity contribution in [3.63, 3.8) is 0 Å². The summed E-state index contributed by atoms with van der Waals surface area (Å²) in [5.74, 6) is -0.341. The van der Waals surface area contributed by atoms with E-state index in [1.54, 1.807) is 19.2 Å². The summed E-state index contributed by atoms with van der Waals surface area (Å²) in [6.07, 6.45) is 3.32. The van der Waals surface area contributed by atoms with Crippen LogP contribution in [0.1, 0.15) is 40.6 Å². The molecule has 1 aliphatic heterocycles. The van der Waals surface area contributed by atoms with Crippen LogP contribution in [0, 0.1) is 13.8 Å². The molecule has 0 atom stereocenters. The van der Waals surface area contributed by atoms with Gasteiger partial charge in [0, 0.05) is 29.1 Å². The molecule has 3 heterocycles. The van der Waals surface area contributed by atoms with E-state index in [0.717, 1.165) is 23.0 Å². The predicted molar refractivity (Wildman–Crippen MR) is 93.5 cm³/mol. The van der Waals surface area contributed by atoms with Crippen LogP contribution >= 0.6 is 15.9 Å². The highest BCUT2D eigenvalue weighted by Crippen LogP contribution is 2.23. The summed E-state index contributed by atoms with van der Waals surface area (Å²) in [7, 11) is 0. The first-order valence-electron chi connectivity index (χ1n) is 7.80. The molecule has 1 fully saturated rings. The van der Waals surface area contributed by atoms with Crippen molar-refractivity contribution in [2.75, 3.05) is 18.5 Å². The fourth-order valence-electron chi connectivity index (χ4n) is 2.82. The average Bonchev–Trinajstić information content (AvgIpc) is 2.95. The van der Waals surface area contributed by atoms with E-state index >= 15 is 0 Å². The largest absolute Gasteiger partial charge is 0.381 e. The van der Waals surface area contributed by atoms with Gasteiger partial charge in [-0.1, -0.05) is 0 Å². The lowest BCUT2D eigenvalue weighted by Gasteiger charge is -2.23. The number of aromatic amines is 1. The summed E-state index contributed by atoms with van der Waals surface area (Å²) in [5.41, 5.74) is 1.84. The zero-order valence-corrected chi connectivity index (χ0v) is 15.1. The highest BCUT2D eigenvalue weighted by atomic mass is 79.9. The van der Waals surface area contributed by atoms with Crippen molar-refractivity contribution in [2.45, 2.75) is 32.7 Å². The lowest BCUT2D eigenvalue weighted by Crippen LogP contribution is -2.23. The molecule has 1 aliphatic rings. The quantitative estimate of drug-likeness (QED) is 0.836. The number of pyridine rings is 1. The maximum absolute atomic E-state index is 12.5. The molecular weight excluding hydrogens is 376 g/mol. The number of carbonyl (C=O) groups excluding carboxylic acids is 1. The molecule has 2 aromatic rings. The Kier molecular flexibility index (Phi) is 4.86. The highest BCUT2D eigenvalue weighted by Gasteiger charge is 2.22. The molecule has 0 radical (unpaired) electrons. The van der Waals surface area contributed by atoms with Gasteiger partial charge in [-0.2, -0.15) is 5.10 Å². The molecule has 0 aliphatic carbocycles. The van der Waals surface area contributed by atoms with Crippen molar-refractivity contribution in [3.05, 3.63) is 44.0 Å². The van der Waals surface area contributed by atoms with Crippen molar-refractivity contribution >= 4 is 27.5 Å². The molecule has 0 unspecified atom stereocenters. The SMILES string of the molecule is Cc1[nH]c(=O)c(NC(=O)c2cnn(C3CCOCC3)c2C)cc1Br. The van der Waals surface area contributed by atoms with E-state index < -0.39 is 0 Å². The Hall–Kier alpha value is -1.93. The van der Waals surface area contributed by atoms with Crippen molar-refractivity contribution in [2.24, 2.45) is 0 Å². The lowest BCUT2D eigenvalue weighted by atomic mass is 10.1. The summed E-state index contributed by atoms with van der Waals surface area (Å²) in [6, 6.07) is 1.85. The number of halogens is 1. The second-order valence-corrected chi connectivity index (χ2v) is 6.73. The van der Waals surface area contributed by atoms with Crippen LogP contribution in [0.5, 0.6) is 0 Å².